The van der Waals surface area contributed by atoms with Crippen molar-refractivity contribution in [2.75, 3.05) is 53.5 Å². The minimum absolute atomic E-state index is 0.0589. The highest BCUT2D eigenvalue weighted by atomic mass is 16.6. The number of carbonyl (C=O) groups is 11. The summed E-state index contributed by atoms with van der Waals surface area (Å²) in [7, 11) is 2.65. The third-order valence-electron chi connectivity index (χ3n) is 21.0. The van der Waals surface area contributed by atoms with Crippen molar-refractivity contribution in [1.29, 1.82) is 0 Å². The molecule has 11 N–H and O–H groups in total. The average Bonchev–Trinajstić information content (AvgIpc) is 0.818. The van der Waals surface area contributed by atoms with Crippen molar-refractivity contribution in [3.63, 3.8) is 0 Å². The van der Waals surface area contributed by atoms with E-state index in [1.807, 2.05) is 177 Å². The van der Waals surface area contributed by atoms with Gasteiger partial charge in [-0.3, -0.25) is 47.9 Å². The zero-order chi connectivity index (χ0) is 80.6. The second kappa shape index (κ2) is 44.7. The van der Waals surface area contributed by atoms with Gasteiger partial charge >= 0.3 is 18.0 Å². The molecular weight excluding hydrogens is 1380 g/mol. The maximum atomic E-state index is 14.3. The lowest BCUT2D eigenvalue weighted by atomic mass is 9.80. The summed E-state index contributed by atoms with van der Waals surface area (Å²) in [5, 5.41) is 14.7. The summed E-state index contributed by atoms with van der Waals surface area (Å²) >= 11 is 0. The van der Waals surface area contributed by atoms with Gasteiger partial charge in [-0.15, -0.1) is 0 Å². The molecule has 600 valence electrons. The lowest BCUT2D eigenvalue weighted by Gasteiger charge is -2.38. The van der Waals surface area contributed by atoms with Crippen molar-refractivity contribution in [3.8, 4) is 0 Å². The molecular formula is C85H126N10O14. The number of benzene rings is 4. The minimum Gasteiger partial charge on any atom is -0.469 e. The van der Waals surface area contributed by atoms with E-state index in [9.17, 15) is 52.7 Å². The van der Waals surface area contributed by atoms with E-state index >= 15 is 0 Å². The highest BCUT2D eigenvalue weighted by Gasteiger charge is 2.44. The molecule has 24 nitrogen and oxygen atoms in total. The number of nitrogens with one attached hydrogen (secondary N) is 5. The van der Waals surface area contributed by atoms with E-state index in [0.717, 1.165) is 22.3 Å². The topological polar surface area (TPSA) is 360 Å². The van der Waals surface area contributed by atoms with Gasteiger partial charge < -0.3 is 67.8 Å². The van der Waals surface area contributed by atoms with Crippen molar-refractivity contribution in [2.24, 2.45) is 52.2 Å². The van der Waals surface area contributed by atoms with E-state index in [4.69, 9.17) is 31.4 Å². The van der Waals surface area contributed by atoms with Crippen LogP contribution in [-0.2, 0) is 75.0 Å². The van der Waals surface area contributed by atoms with Gasteiger partial charge in [0.15, 0.2) is 11.6 Å². The van der Waals surface area contributed by atoms with Crippen LogP contribution in [0.1, 0.15) is 200 Å². The molecule has 0 aliphatic carbocycles. The number of Topliss-reactive ketones (excluding diaryl/α,β-unsaturated/α-hetero) is 2. The van der Waals surface area contributed by atoms with Gasteiger partial charge in [0.1, 0.15) is 23.2 Å². The molecule has 0 bridgehead atoms. The van der Waals surface area contributed by atoms with Crippen molar-refractivity contribution in [1.82, 2.24) is 36.4 Å². The molecule has 0 saturated carbocycles. The molecule has 24 heteroatoms. The normalized spacial score (nSPS) is 16.8. The molecule has 7 amide bonds. The number of ether oxygens (including phenoxy) is 3. The number of hydrogen-bond acceptors (Lipinski definition) is 17. The largest absolute Gasteiger partial charge is 0.469 e. The Morgan fingerprint density at radius 2 is 0.881 bits per heavy atom. The van der Waals surface area contributed by atoms with Crippen LogP contribution in [0.4, 0.5) is 4.79 Å². The maximum absolute atomic E-state index is 14.3. The number of likely N-dealkylation sites (tertiary alicyclic amines) is 2. The number of nitrogens with zero attached hydrogens (tertiary/aromatic N) is 2. The van der Waals surface area contributed by atoms with Gasteiger partial charge in [-0.2, -0.15) is 0 Å². The summed E-state index contributed by atoms with van der Waals surface area (Å²) < 4.78 is 15.2. The molecule has 6 rings (SSSR count). The molecule has 2 fully saturated rings. The van der Waals surface area contributed by atoms with Crippen molar-refractivity contribution < 1.29 is 67.0 Å². The number of amides is 7. The molecule has 2 aliphatic rings. The van der Waals surface area contributed by atoms with Gasteiger partial charge in [0.05, 0.1) is 37.8 Å². The summed E-state index contributed by atoms with van der Waals surface area (Å²) in [6.45, 7) is 22.7. The molecule has 2 saturated heterocycles. The molecule has 10 atom stereocenters. The zero-order valence-corrected chi connectivity index (χ0v) is 66.9. The first-order valence-electron chi connectivity index (χ1n) is 39.0. The number of hydrogen-bond donors (Lipinski definition) is 8. The Kier molecular flexibility index (Phi) is 37.2. The molecule has 0 radical (unpaired) electrons. The van der Waals surface area contributed by atoms with Crippen LogP contribution in [0, 0.1) is 35.0 Å². The molecule has 2 heterocycles. The van der Waals surface area contributed by atoms with Gasteiger partial charge in [-0.05, 0) is 164 Å². The van der Waals surface area contributed by atoms with Gasteiger partial charge in [-0.25, -0.2) is 4.79 Å². The molecule has 2 aliphatic heterocycles. The van der Waals surface area contributed by atoms with Crippen molar-refractivity contribution >= 4 is 65.0 Å². The second-order valence-electron chi connectivity index (χ2n) is 31.9. The van der Waals surface area contributed by atoms with Crippen LogP contribution in [0.5, 0.6) is 0 Å². The van der Waals surface area contributed by atoms with E-state index in [0.29, 0.717) is 90.4 Å². The fourth-order valence-corrected chi connectivity index (χ4v) is 13.9. The first-order valence-corrected chi connectivity index (χ1v) is 39.0. The third-order valence-corrected chi connectivity index (χ3v) is 21.0. The molecule has 4 aromatic carbocycles. The quantitative estimate of drug-likeness (QED) is 0.0117. The Morgan fingerprint density at radius 1 is 0.495 bits per heavy atom. The number of piperidine rings is 2. The van der Waals surface area contributed by atoms with Crippen molar-refractivity contribution in [3.05, 3.63) is 144 Å². The fourth-order valence-electron chi connectivity index (χ4n) is 13.9. The number of rotatable bonds is 39. The number of ketones is 2. The van der Waals surface area contributed by atoms with E-state index in [1.54, 1.807) is 30.6 Å². The number of esters is 2. The monoisotopic (exact) mass is 1510 g/mol. The lowest BCUT2D eigenvalue weighted by molar-refractivity contribution is -0.156. The van der Waals surface area contributed by atoms with Gasteiger partial charge in [0.2, 0.25) is 35.4 Å². The SMILES string of the molecule is COC(=O)C1(C)CCN(C(=O)[C@@H](CCCCNC(=O)OC(C)(C)C)NC(=O)[C@H](CC(=O)[C@@H](Cc2ccccc2)NC(=O)[C@H](C)[C@H](C)c2ccccc2)CC(C)C)CC1.COC(=O)C1(N)CCN(C(=O)[C@@H](CCCCN)NC(=O)[C@H](CC(=O)[C@@H](Cc2ccccc2)NC(=O)[C@H](N)[C@H](C)c2ccccc2)CC(C)C)CC1. The Hall–Kier alpha value is -8.87. The van der Waals surface area contributed by atoms with E-state index < -0.39 is 94.3 Å². The van der Waals surface area contributed by atoms with Gasteiger partial charge in [0.25, 0.3) is 0 Å². The highest BCUT2D eigenvalue weighted by Crippen LogP contribution is 2.34. The molecule has 4 aromatic rings. The lowest BCUT2D eigenvalue weighted by Crippen LogP contribution is -2.59. The molecule has 0 aromatic heterocycles. The maximum Gasteiger partial charge on any atom is 0.407 e. The molecule has 109 heavy (non-hydrogen) atoms. The van der Waals surface area contributed by atoms with Crippen LogP contribution in [0.2, 0.25) is 0 Å². The fraction of sp³-hybridized carbons (Fsp3) is 0.588. The first kappa shape index (κ1) is 90.7. The average molecular weight is 1510 g/mol. The van der Waals surface area contributed by atoms with Gasteiger partial charge in [0, 0.05) is 69.2 Å². The van der Waals surface area contributed by atoms with Crippen LogP contribution in [-0.4, -0.2) is 170 Å². The zero-order valence-electron chi connectivity index (χ0n) is 66.9. The number of carbonyl (C=O) groups excluding carboxylic acids is 11. The Bertz CT molecular complexity index is 3540. The number of methoxy groups -OCH3 is 2. The Balaban J connectivity index is 0.000000394. The summed E-state index contributed by atoms with van der Waals surface area (Å²) in [6, 6.07) is 33.7. The van der Waals surface area contributed by atoms with Crippen LogP contribution in [0.15, 0.2) is 121 Å². The standard InChI is InChI=1S/C46H68N4O8.C39H58N6O6/c1-31(2)28-36(30-39(51)38(29-34-18-12-10-13-19-34)49-40(52)33(4)32(3)35-20-14-11-15-21-35)41(53)48-37(22-16-17-25-47-44(56)58-45(5,6)7)42(54)50-26-23-46(8,24-27-50)43(55)57-9;1-26(2)23-30(35(47)43-31(17-11-12-20-40)37(49)45-21-18-39(42,19-22-45)38(50)51-4)25-33(46)32(24-28-13-7-5-8-14-28)44-36(48)34(41)27(3)29-15-9-6-10-16-29/h10-15,18-21,31-33,36-38H,16-17,22-30H2,1-9H3,(H,47,56)(H,48,53)(H,49,52);5-10,13-16,26-27,30-32,34H,11-12,17-25,40-42H2,1-4H3,(H,43,47)(H,44,48)/t32-,33+,36-,37+,38+;27-,30+,31-,32-,34-/m01/s1. The van der Waals surface area contributed by atoms with E-state index in [1.165, 1.54) is 14.2 Å². The summed E-state index contributed by atoms with van der Waals surface area (Å²) in [4.78, 5) is 152. The van der Waals surface area contributed by atoms with Crippen LogP contribution in [0.3, 0.4) is 0 Å². The predicted octanol–water partition coefficient (Wildman–Crippen LogP) is 9.33. The predicted molar refractivity (Wildman–Crippen MR) is 422 cm³/mol. The number of alkyl carbamates (subject to hydrolysis) is 1. The highest BCUT2D eigenvalue weighted by molar-refractivity contribution is 5.96. The second-order valence-corrected chi connectivity index (χ2v) is 31.9. The van der Waals surface area contributed by atoms with Crippen LogP contribution in [0.25, 0.3) is 0 Å². The summed E-state index contributed by atoms with van der Waals surface area (Å²) in [6.07, 6.45) is 4.86. The Labute approximate surface area is 646 Å². The number of unbranched alkanes of at least 4 members (excludes halogenated alkanes) is 2. The summed E-state index contributed by atoms with van der Waals surface area (Å²) in [5.41, 5.74) is 19.6. The molecule has 0 spiro atoms. The first-order chi connectivity index (χ1) is 51.6. The van der Waals surface area contributed by atoms with Crippen molar-refractivity contribution in [2.45, 2.75) is 232 Å². The summed E-state index contributed by atoms with van der Waals surface area (Å²) in [5.74, 6) is -5.59. The van der Waals surface area contributed by atoms with Gasteiger partial charge in [-0.1, -0.05) is 170 Å². The van der Waals surface area contributed by atoms with E-state index in [2.05, 4.69) is 26.6 Å². The Morgan fingerprint density at radius 3 is 1.28 bits per heavy atom. The van der Waals surface area contributed by atoms with Crippen LogP contribution >= 0.6 is 0 Å². The third kappa shape index (κ3) is 29.8. The number of nitrogens with two attached hydrogens (primary N) is 3. The molecule has 0 unspecified atom stereocenters. The van der Waals surface area contributed by atoms with Crippen LogP contribution < -0.4 is 43.8 Å². The minimum atomic E-state index is -1.16. The smallest absolute Gasteiger partial charge is 0.407 e. The van der Waals surface area contributed by atoms with E-state index in [-0.39, 0.29) is 111 Å².